The number of nitrogens with zero attached hydrogens (tertiary/aromatic N) is 3. The molecule has 4 rings (SSSR count). The number of carbonyl (C=O) groups excluding carboxylic acids is 1. The summed E-state index contributed by atoms with van der Waals surface area (Å²) in [6.45, 7) is 1.86. The number of aromatic nitrogens is 3. The Morgan fingerprint density at radius 2 is 1.50 bits per heavy atom. The van der Waals surface area contributed by atoms with Gasteiger partial charge in [-0.2, -0.15) is 5.10 Å². The number of hydrogen-bond donors (Lipinski definition) is 2. The quantitative estimate of drug-likeness (QED) is 0.435. The van der Waals surface area contributed by atoms with Crippen LogP contribution in [0.4, 0.5) is 16.2 Å². The molecule has 150 valence electrons. The summed E-state index contributed by atoms with van der Waals surface area (Å²) in [7, 11) is 0. The van der Waals surface area contributed by atoms with Crippen molar-refractivity contribution in [1.29, 1.82) is 0 Å². The highest BCUT2D eigenvalue weighted by molar-refractivity contribution is 6.30. The van der Waals surface area contributed by atoms with E-state index in [0.29, 0.717) is 16.7 Å². The average molecular weight is 418 g/mol. The van der Waals surface area contributed by atoms with Gasteiger partial charge in [-0.05, 0) is 55.5 Å². The fourth-order valence-corrected chi connectivity index (χ4v) is 3.18. The molecule has 7 heteroatoms. The second-order valence-electron chi connectivity index (χ2n) is 6.73. The molecule has 4 aromatic rings. The Balaban J connectivity index is 1.55. The van der Waals surface area contributed by atoms with Gasteiger partial charge in [0.2, 0.25) is 0 Å². The van der Waals surface area contributed by atoms with Crippen molar-refractivity contribution < 1.29 is 4.79 Å². The molecule has 0 aliphatic carbocycles. The fourth-order valence-electron chi connectivity index (χ4n) is 3.05. The summed E-state index contributed by atoms with van der Waals surface area (Å²) in [4.78, 5) is 19.3. The Morgan fingerprint density at radius 1 is 0.933 bits per heavy atom. The molecule has 0 fully saturated rings. The van der Waals surface area contributed by atoms with Gasteiger partial charge in [-0.3, -0.25) is 10.00 Å². The summed E-state index contributed by atoms with van der Waals surface area (Å²) in [6.07, 6.45) is 0. The van der Waals surface area contributed by atoms with Gasteiger partial charge >= 0.3 is 6.03 Å². The number of carbonyl (C=O) groups is 1. The third-order valence-electron chi connectivity index (χ3n) is 4.59. The van der Waals surface area contributed by atoms with Crippen LogP contribution in [0.25, 0.3) is 11.4 Å². The number of benzene rings is 3. The smallest absolute Gasteiger partial charge is 0.327 e. The highest BCUT2D eigenvalue weighted by atomic mass is 35.5. The molecule has 0 saturated carbocycles. The Hall–Kier alpha value is -3.64. The molecule has 1 aromatic heterocycles. The third-order valence-corrected chi connectivity index (χ3v) is 4.84. The first-order valence-electron chi connectivity index (χ1n) is 9.51. The van der Waals surface area contributed by atoms with E-state index in [1.807, 2.05) is 79.7 Å². The third kappa shape index (κ3) is 4.34. The number of aromatic amines is 1. The Labute approximate surface area is 179 Å². The van der Waals surface area contributed by atoms with Crippen molar-refractivity contribution >= 4 is 29.0 Å². The normalized spacial score (nSPS) is 11.7. The van der Waals surface area contributed by atoms with Gasteiger partial charge in [0, 0.05) is 10.6 Å². The second kappa shape index (κ2) is 8.80. The Morgan fingerprint density at radius 3 is 2.07 bits per heavy atom. The molecule has 3 aromatic carbocycles. The number of anilines is 2. The number of amides is 2. The Bertz CT molecular complexity index is 1070. The summed E-state index contributed by atoms with van der Waals surface area (Å²) in [6, 6.07) is 25.7. The van der Waals surface area contributed by atoms with Gasteiger partial charge in [0.25, 0.3) is 0 Å². The highest BCUT2D eigenvalue weighted by Gasteiger charge is 2.21. The SMILES string of the molecule is C[C@@H](NC(=O)N(c1ccccc1)c1ccccc1)c1nc(-c2ccc(Cl)cc2)n[nH]1. The van der Waals surface area contributed by atoms with Gasteiger partial charge < -0.3 is 5.32 Å². The number of para-hydroxylation sites is 2. The zero-order chi connectivity index (χ0) is 20.9. The van der Waals surface area contributed by atoms with Gasteiger partial charge in [0.15, 0.2) is 5.82 Å². The van der Waals surface area contributed by atoms with Crippen LogP contribution in [0.5, 0.6) is 0 Å². The summed E-state index contributed by atoms with van der Waals surface area (Å²) in [5.74, 6) is 1.11. The van der Waals surface area contributed by atoms with E-state index < -0.39 is 0 Å². The predicted octanol–water partition coefficient (Wildman–Crippen LogP) is 5.73. The maximum Gasteiger partial charge on any atom is 0.327 e. The molecule has 0 spiro atoms. The molecule has 1 atom stereocenters. The first kappa shape index (κ1) is 19.7. The summed E-state index contributed by atoms with van der Waals surface area (Å²) in [5.41, 5.74) is 2.39. The van der Waals surface area contributed by atoms with Crippen LogP contribution in [0.1, 0.15) is 18.8 Å². The van der Waals surface area contributed by atoms with Crippen molar-refractivity contribution in [2.24, 2.45) is 0 Å². The predicted molar refractivity (Wildman–Crippen MR) is 119 cm³/mol. The van der Waals surface area contributed by atoms with E-state index in [-0.39, 0.29) is 12.1 Å². The van der Waals surface area contributed by atoms with E-state index in [2.05, 4.69) is 20.5 Å². The number of rotatable bonds is 5. The van der Waals surface area contributed by atoms with Gasteiger partial charge in [-0.15, -0.1) is 0 Å². The Kier molecular flexibility index (Phi) is 5.77. The molecule has 0 saturated heterocycles. The lowest BCUT2D eigenvalue weighted by molar-refractivity contribution is 0.245. The van der Waals surface area contributed by atoms with Crippen molar-refractivity contribution in [2.45, 2.75) is 13.0 Å². The minimum Gasteiger partial charge on any atom is -0.328 e. The maximum atomic E-state index is 13.2. The molecule has 1 heterocycles. The van der Waals surface area contributed by atoms with Crippen LogP contribution < -0.4 is 10.2 Å². The first-order chi connectivity index (χ1) is 14.6. The average Bonchev–Trinajstić information content (AvgIpc) is 3.26. The van der Waals surface area contributed by atoms with Crippen LogP contribution in [0.15, 0.2) is 84.9 Å². The lowest BCUT2D eigenvalue weighted by Gasteiger charge is -2.25. The topological polar surface area (TPSA) is 73.9 Å². The minimum absolute atomic E-state index is 0.260. The molecule has 2 amide bonds. The molecule has 0 aliphatic heterocycles. The largest absolute Gasteiger partial charge is 0.328 e. The lowest BCUT2D eigenvalue weighted by Crippen LogP contribution is -2.38. The van der Waals surface area contributed by atoms with Gasteiger partial charge in [-0.25, -0.2) is 9.78 Å². The van der Waals surface area contributed by atoms with Crippen molar-refractivity contribution in [3.05, 3.63) is 95.8 Å². The zero-order valence-electron chi connectivity index (χ0n) is 16.3. The molecule has 0 aliphatic rings. The number of halogens is 1. The van der Waals surface area contributed by atoms with E-state index in [1.54, 1.807) is 17.0 Å². The monoisotopic (exact) mass is 417 g/mol. The van der Waals surface area contributed by atoms with Crippen molar-refractivity contribution in [1.82, 2.24) is 20.5 Å². The van der Waals surface area contributed by atoms with Crippen molar-refractivity contribution in [3.8, 4) is 11.4 Å². The summed E-state index contributed by atoms with van der Waals surface area (Å²) < 4.78 is 0. The van der Waals surface area contributed by atoms with E-state index in [4.69, 9.17) is 11.6 Å². The maximum absolute atomic E-state index is 13.2. The molecular weight excluding hydrogens is 398 g/mol. The van der Waals surface area contributed by atoms with Crippen molar-refractivity contribution in [3.63, 3.8) is 0 Å². The van der Waals surface area contributed by atoms with E-state index in [9.17, 15) is 4.79 Å². The first-order valence-corrected chi connectivity index (χ1v) is 9.88. The second-order valence-corrected chi connectivity index (χ2v) is 7.17. The standard InChI is InChI=1S/C23H20ClN5O/c1-16(21-26-22(28-27-21)17-12-14-18(24)15-13-17)25-23(30)29(19-8-4-2-5-9-19)20-10-6-3-7-11-20/h2-16H,1H3,(H,25,30)(H,26,27,28)/t16-/m1/s1. The van der Waals surface area contributed by atoms with Gasteiger partial charge in [0.1, 0.15) is 5.82 Å². The van der Waals surface area contributed by atoms with Crippen LogP contribution in [-0.2, 0) is 0 Å². The van der Waals surface area contributed by atoms with E-state index in [1.165, 1.54) is 0 Å². The number of urea groups is 1. The fraction of sp³-hybridized carbons (Fsp3) is 0.0870. The molecule has 0 unspecified atom stereocenters. The number of nitrogens with one attached hydrogen (secondary N) is 2. The zero-order valence-corrected chi connectivity index (χ0v) is 17.0. The van der Waals surface area contributed by atoms with E-state index in [0.717, 1.165) is 16.9 Å². The molecule has 2 N–H and O–H groups in total. The molecule has 0 bridgehead atoms. The van der Waals surface area contributed by atoms with Crippen LogP contribution >= 0.6 is 11.6 Å². The van der Waals surface area contributed by atoms with Gasteiger partial charge in [-0.1, -0.05) is 48.0 Å². The van der Waals surface area contributed by atoms with Crippen LogP contribution in [-0.4, -0.2) is 21.2 Å². The molecule has 0 radical (unpaired) electrons. The number of H-pyrrole nitrogens is 1. The number of hydrogen-bond acceptors (Lipinski definition) is 3. The molecular formula is C23H20ClN5O. The van der Waals surface area contributed by atoms with Crippen LogP contribution in [0.3, 0.4) is 0 Å². The van der Waals surface area contributed by atoms with Crippen LogP contribution in [0.2, 0.25) is 5.02 Å². The summed E-state index contributed by atoms with van der Waals surface area (Å²) in [5, 5.41) is 10.8. The highest BCUT2D eigenvalue weighted by Crippen LogP contribution is 2.26. The molecule has 30 heavy (non-hydrogen) atoms. The molecule has 6 nitrogen and oxygen atoms in total. The van der Waals surface area contributed by atoms with Crippen molar-refractivity contribution in [2.75, 3.05) is 4.90 Å². The lowest BCUT2D eigenvalue weighted by atomic mass is 10.2. The van der Waals surface area contributed by atoms with Crippen LogP contribution in [0, 0.1) is 0 Å². The summed E-state index contributed by atoms with van der Waals surface area (Å²) >= 11 is 5.94. The van der Waals surface area contributed by atoms with Gasteiger partial charge in [0.05, 0.1) is 17.4 Å². The minimum atomic E-state index is -0.374. The van der Waals surface area contributed by atoms with E-state index >= 15 is 0 Å².